The zero-order chi connectivity index (χ0) is 14.8. The Hall–Kier alpha value is -0.400. The van der Waals surface area contributed by atoms with Gasteiger partial charge in [-0.25, -0.2) is 0 Å². The highest BCUT2D eigenvalue weighted by molar-refractivity contribution is 6.05. The van der Waals surface area contributed by atoms with Crippen molar-refractivity contribution in [2.24, 2.45) is 5.41 Å². The highest BCUT2D eigenvalue weighted by Crippen LogP contribution is 2.35. The number of β-amino-alcohol motifs (C(OH)–C–C–N with tert-alkyl or cyclic N) is 1. The van der Waals surface area contributed by atoms with Gasteiger partial charge in [-0.3, -0.25) is 24.3 Å². The maximum Gasteiger partial charge on any atom is 0.236 e. The van der Waals surface area contributed by atoms with Gasteiger partial charge < -0.3 is 5.11 Å². The maximum atomic E-state index is 12.3. The molecule has 2 saturated heterocycles. The monoisotopic (exact) mass is 355 g/mol. The first kappa shape index (κ1) is 21.6. The van der Waals surface area contributed by atoms with E-state index < -0.39 is 5.41 Å². The van der Waals surface area contributed by atoms with Gasteiger partial charge in [-0.1, -0.05) is 13.8 Å². The zero-order valence-electron chi connectivity index (χ0n) is 13.3. The molecule has 1 N–H and O–H groups in total. The molecule has 2 aliphatic rings. The summed E-state index contributed by atoms with van der Waals surface area (Å²) >= 11 is 0. The van der Waals surface area contributed by atoms with Gasteiger partial charge in [0.05, 0.1) is 18.7 Å². The van der Waals surface area contributed by atoms with Crippen LogP contribution in [0, 0.1) is 5.41 Å². The summed E-state index contributed by atoms with van der Waals surface area (Å²) in [5.41, 5.74) is -0.504. The molecule has 0 saturated carbocycles. The summed E-state index contributed by atoms with van der Waals surface area (Å²) in [4.78, 5) is 30.1. The maximum absolute atomic E-state index is 12.3. The van der Waals surface area contributed by atoms with Crippen LogP contribution in [0.25, 0.3) is 0 Å². The predicted molar refractivity (Wildman–Crippen MR) is 89.3 cm³/mol. The number of imide groups is 1. The van der Waals surface area contributed by atoms with Crippen LogP contribution in [0.3, 0.4) is 0 Å². The van der Waals surface area contributed by atoms with Crippen molar-refractivity contribution in [3.63, 3.8) is 0 Å². The van der Waals surface area contributed by atoms with Gasteiger partial charge in [-0.05, 0) is 6.42 Å². The fourth-order valence-corrected chi connectivity index (χ4v) is 2.86. The standard InChI is InChI=1S/C14H25N3O3.2ClH/c1-3-14(2)10-12(19)17(13(14)20)11-16-6-4-15(5-7-16)8-9-18;;/h18H,3-11H2,1-2H3;2*1H. The van der Waals surface area contributed by atoms with E-state index in [1.165, 1.54) is 4.90 Å². The summed E-state index contributed by atoms with van der Waals surface area (Å²) in [5, 5.41) is 8.92. The van der Waals surface area contributed by atoms with Gasteiger partial charge in [-0.2, -0.15) is 0 Å². The molecule has 2 fully saturated rings. The number of halogens is 2. The fraction of sp³-hybridized carbons (Fsp3) is 0.857. The first-order valence-electron chi connectivity index (χ1n) is 7.40. The summed E-state index contributed by atoms with van der Waals surface area (Å²) in [7, 11) is 0. The lowest BCUT2D eigenvalue weighted by Gasteiger charge is -2.36. The average Bonchev–Trinajstić information content (AvgIpc) is 2.65. The number of carbonyl (C=O) groups excluding carboxylic acids is 2. The Morgan fingerprint density at radius 3 is 2.09 bits per heavy atom. The van der Waals surface area contributed by atoms with E-state index in [-0.39, 0.29) is 43.2 Å². The van der Waals surface area contributed by atoms with E-state index in [0.717, 1.165) is 26.2 Å². The zero-order valence-corrected chi connectivity index (χ0v) is 14.9. The van der Waals surface area contributed by atoms with Gasteiger partial charge in [0.25, 0.3) is 0 Å². The normalized spacial score (nSPS) is 26.8. The Balaban J connectivity index is 0.00000220. The molecule has 6 nitrogen and oxygen atoms in total. The van der Waals surface area contributed by atoms with Crippen molar-refractivity contribution in [3.05, 3.63) is 0 Å². The Morgan fingerprint density at radius 1 is 1.09 bits per heavy atom. The second-order valence-electron chi connectivity index (χ2n) is 6.04. The van der Waals surface area contributed by atoms with E-state index in [1.807, 2.05) is 13.8 Å². The predicted octanol–water partition coefficient (Wildman–Crippen LogP) is 0.573. The van der Waals surface area contributed by atoms with Crippen LogP contribution in [0.4, 0.5) is 0 Å². The van der Waals surface area contributed by atoms with Crippen molar-refractivity contribution < 1.29 is 14.7 Å². The molecule has 2 heterocycles. The van der Waals surface area contributed by atoms with Crippen molar-refractivity contribution >= 4 is 36.6 Å². The molecule has 22 heavy (non-hydrogen) atoms. The molecule has 0 bridgehead atoms. The number of nitrogens with zero attached hydrogens (tertiary/aromatic N) is 3. The third-order valence-corrected chi connectivity index (χ3v) is 4.61. The molecule has 2 rings (SSSR count). The number of amides is 2. The second-order valence-corrected chi connectivity index (χ2v) is 6.04. The Labute approximate surface area is 144 Å². The minimum atomic E-state index is -0.504. The molecule has 0 aromatic carbocycles. The van der Waals surface area contributed by atoms with Crippen molar-refractivity contribution in [3.8, 4) is 0 Å². The van der Waals surface area contributed by atoms with Gasteiger partial charge in [0.1, 0.15) is 0 Å². The van der Waals surface area contributed by atoms with Crippen LogP contribution < -0.4 is 0 Å². The fourth-order valence-electron chi connectivity index (χ4n) is 2.86. The minimum absolute atomic E-state index is 0. The Morgan fingerprint density at radius 2 is 1.64 bits per heavy atom. The van der Waals surface area contributed by atoms with Crippen molar-refractivity contribution in [1.82, 2.24) is 14.7 Å². The first-order chi connectivity index (χ1) is 9.50. The highest BCUT2D eigenvalue weighted by atomic mass is 35.5. The van der Waals surface area contributed by atoms with Crippen molar-refractivity contribution in [2.75, 3.05) is 46.0 Å². The number of rotatable bonds is 5. The molecular weight excluding hydrogens is 329 g/mol. The third kappa shape index (κ3) is 4.55. The van der Waals surface area contributed by atoms with Gasteiger partial charge in [0, 0.05) is 39.1 Å². The molecule has 130 valence electrons. The number of likely N-dealkylation sites (tertiary alicyclic amines) is 1. The molecular formula is C14H27Cl2N3O3. The van der Waals surface area contributed by atoms with Crippen LogP contribution >= 0.6 is 24.8 Å². The molecule has 2 amide bonds. The van der Waals surface area contributed by atoms with Gasteiger partial charge >= 0.3 is 0 Å². The SMILES string of the molecule is CCC1(C)CC(=O)N(CN2CCN(CCO)CC2)C1=O.Cl.Cl. The number of aliphatic hydroxyl groups excluding tert-OH is 1. The van der Waals surface area contributed by atoms with Crippen molar-refractivity contribution in [1.29, 1.82) is 0 Å². The molecule has 0 aromatic rings. The summed E-state index contributed by atoms with van der Waals surface area (Å²) in [5.74, 6) is -0.0695. The number of carbonyl (C=O) groups is 2. The number of hydrogen-bond donors (Lipinski definition) is 1. The van der Waals surface area contributed by atoms with E-state index in [2.05, 4.69) is 9.80 Å². The van der Waals surface area contributed by atoms with Gasteiger partial charge in [-0.15, -0.1) is 24.8 Å². The third-order valence-electron chi connectivity index (χ3n) is 4.61. The summed E-state index contributed by atoms with van der Waals surface area (Å²) in [6.07, 6.45) is 1.05. The van der Waals surface area contributed by atoms with E-state index in [9.17, 15) is 9.59 Å². The highest BCUT2D eigenvalue weighted by Gasteiger charge is 2.47. The smallest absolute Gasteiger partial charge is 0.236 e. The van der Waals surface area contributed by atoms with Crippen LogP contribution in [-0.4, -0.2) is 77.6 Å². The molecule has 0 radical (unpaired) electrons. The second kappa shape index (κ2) is 9.03. The van der Waals surface area contributed by atoms with Gasteiger partial charge in [0.15, 0.2) is 0 Å². The summed E-state index contributed by atoms with van der Waals surface area (Å²) in [6.45, 7) is 8.56. The first-order valence-corrected chi connectivity index (χ1v) is 7.40. The van der Waals surface area contributed by atoms with Crippen LogP contribution in [0.2, 0.25) is 0 Å². The van der Waals surface area contributed by atoms with Crippen molar-refractivity contribution in [2.45, 2.75) is 26.7 Å². The lowest BCUT2D eigenvalue weighted by atomic mass is 9.86. The van der Waals surface area contributed by atoms with Crippen LogP contribution in [-0.2, 0) is 9.59 Å². The molecule has 8 heteroatoms. The Bertz CT molecular complexity index is 390. The topological polar surface area (TPSA) is 64.1 Å². The average molecular weight is 356 g/mol. The summed E-state index contributed by atoms with van der Waals surface area (Å²) < 4.78 is 0. The molecule has 1 unspecified atom stereocenters. The number of piperazine rings is 1. The van der Waals surface area contributed by atoms with E-state index in [0.29, 0.717) is 26.1 Å². The number of aliphatic hydroxyl groups is 1. The quantitative estimate of drug-likeness (QED) is 0.730. The van der Waals surface area contributed by atoms with E-state index >= 15 is 0 Å². The van der Waals surface area contributed by atoms with E-state index in [4.69, 9.17) is 5.11 Å². The van der Waals surface area contributed by atoms with Crippen LogP contribution in [0.5, 0.6) is 0 Å². The van der Waals surface area contributed by atoms with Crippen LogP contribution in [0.1, 0.15) is 26.7 Å². The Kier molecular flexibility index (Phi) is 8.87. The lowest BCUT2D eigenvalue weighted by molar-refractivity contribution is -0.144. The lowest BCUT2D eigenvalue weighted by Crippen LogP contribution is -2.51. The molecule has 0 aliphatic carbocycles. The molecule has 0 spiro atoms. The largest absolute Gasteiger partial charge is 0.395 e. The molecule has 2 aliphatic heterocycles. The summed E-state index contributed by atoms with van der Waals surface area (Å²) in [6, 6.07) is 0. The van der Waals surface area contributed by atoms with E-state index in [1.54, 1.807) is 0 Å². The minimum Gasteiger partial charge on any atom is -0.395 e. The molecule has 1 atom stereocenters. The molecule has 0 aromatic heterocycles. The van der Waals surface area contributed by atoms with Crippen LogP contribution in [0.15, 0.2) is 0 Å². The number of hydrogen-bond acceptors (Lipinski definition) is 5. The van der Waals surface area contributed by atoms with Gasteiger partial charge in [0.2, 0.25) is 11.8 Å².